The Morgan fingerprint density at radius 1 is 1.05 bits per heavy atom. The Labute approximate surface area is 131 Å². The zero-order valence-electron chi connectivity index (χ0n) is 12.6. The molecule has 0 saturated carbocycles. The minimum Gasteiger partial charge on any atom is -0.423 e. The number of fused-ring (bicyclic) bond motifs is 2. The number of nitrogens with one attached hydrogen (secondary N) is 1. The van der Waals surface area contributed by atoms with Gasteiger partial charge in [-0.05, 0) is 49.6 Å². The minimum atomic E-state index is 0.484. The molecule has 0 atom stereocenters. The summed E-state index contributed by atoms with van der Waals surface area (Å²) in [5.74, 6) is 0. The second-order valence-electron chi connectivity index (χ2n) is 5.51. The fourth-order valence-electron chi connectivity index (χ4n) is 2.66. The van der Waals surface area contributed by atoms with Crippen molar-refractivity contribution in [2.75, 3.05) is 5.32 Å². The second-order valence-corrected chi connectivity index (χ2v) is 6.55. The summed E-state index contributed by atoms with van der Waals surface area (Å²) in [6.45, 7) is 6.20. The maximum atomic E-state index is 5.80. The Kier molecular flexibility index (Phi) is 2.90. The summed E-state index contributed by atoms with van der Waals surface area (Å²) < 4.78 is 6.97. The topological polar surface area (TPSA) is 51.0 Å². The number of aromatic nitrogens is 2. The van der Waals surface area contributed by atoms with Crippen LogP contribution in [0.25, 0.3) is 21.3 Å². The normalized spacial score (nSPS) is 11.4. The van der Waals surface area contributed by atoms with Crippen LogP contribution < -0.4 is 5.32 Å². The third-order valence-electron chi connectivity index (χ3n) is 3.66. The van der Waals surface area contributed by atoms with Crippen LogP contribution in [0.15, 0.2) is 34.7 Å². The van der Waals surface area contributed by atoms with Crippen LogP contribution in [-0.4, -0.2) is 9.97 Å². The zero-order valence-corrected chi connectivity index (χ0v) is 13.4. The molecule has 1 N–H and O–H groups in total. The molecule has 0 saturated heterocycles. The third kappa shape index (κ3) is 2.14. The van der Waals surface area contributed by atoms with Crippen molar-refractivity contribution in [1.82, 2.24) is 9.97 Å². The van der Waals surface area contributed by atoms with Gasteiger partial charge in [-0.15, -0.1) is 0 Å². The van der Waals surface area contributed by atoms with E-state index in [0.717, 1.165) is 27.3 Å². The van der Waals surface area contributed by atoms with Crippen LogP contribution in [0.3, 0.4) is 0 Å². The number of oxazole rings is 1. The highest BCUT2D eigenvalue weighted by Gasteiger charge is 2.11. The quantitative estimate of drug-likeness (QED) is 0.559. The van der Waals surface area contributed by atoms with Gasteiger partial charge in [-0.1, -0.05) is 29.5 Å². The number of hydrogen-bond acceptors (Lipinski definition) is 5. The molecular formula is C17H15N3OS. The van der Waals surface area contributed by atoms with E-state index in [1.807, 2.05) is 25.1 Å². The Bertz CT molecular complexity index is 1000. The van der Waals surface area contributed by atoms with Gasteiger partial charge in [0.2, 0.25) is 0 Å². The first-order chi connectivity index (χ1) is 10.6. The molecule has 0 amide bonds. The van der Waals surface area contributed by atoms with E-state index in [2.05, 4.69) is 41.3 Å². The number of hydrogen-bond donors (Lipinski definition) is 1. The van der Waals surface area contributed by atoms with Gasteiger partial charge >= 0.3 is 6.01 Å². The number of nitrogens with zero attached hydrogens (tertiary/aromatic N) is 2. The van der Waals surface area contributed by atoms with Crippen LogP contribution in [0.1, 0.15) is 16.7 Å². The Morgan fingerprint density at radius 2 is 1.91 bits per heavy atom. The van der Waals surface area contributed by atoms with Gasteiger partial charge in [0.25, 0.3) is 0 Å². The second kappa shape index (κ2) is 4.81. The largest absolute Gasteiger partial charge is 0.423 e. The number of aryl methyl sites for hydroxylation is 3. The lowest BCUT2D eigenvalue weighted by molar-refractivity contribution is 0.620. The van der Waals surface area contributed by atoms with E-state index in [4.69, 9.17) is 4.42 Å². The van der Waals surface area contributed by atoms with E-state index < -0.39 is 0 Å². The summed E-state index contributed by atoms with van der Waals surface area (Å²) in [5.41, 5.74) is 6.22. The van der Waals surface area contributed by atoms with Crippen LogP contribution in [0.4, 0.5) is 11.1 Å². The van der Waals surface area contributed by atoms with Gasteiger partial charge in [0.15, 0.2) is 10.7 Å². The lowest BCUT2D eigenvalue weighted by Crippen LogP contribution is -1.88. The number of anilines is 2. The van der Waals surface area contributed by atoms with Gasteiger partial charge in [-0.2, -0.15) is 4.98 Å². The van der Waals surface area contributed by atoms with E-state index in [-0.39, 0.29) is 0 Å². The summed E-state index contributed by atoms with van der Waals surface area (Å²) in [4.78, 5) is 9.12. The van der Waals surface area contributed by atoms with Gasteiger partial charge in [-0.25, -0.2) is 4.98 Å². The van der Waals surface area contributed by atoms with Crippen molar-refractivity contribution < 1.29 is 4.42 Å². The van der Waals surface area contributed by atoms with Gasteiger partial charge in [0.05, 0.1) is 10.2 Å². The van der Waals surface area contributed by atoms with Gasteiger partial charge < -0.3 is 4.42 Å². The lowest BCUT2D eigenvalue weighted by atomic mass is 10.1. The summed E-state index contributed by atoms with van der Waals surface area (Å²) in [6, 6.07) is 10.7. The molecule has 0 fully saturated rings. The first kappa shape index (κ1) is 13.3. The molecule has 4 nitrogen and oxygen atoms in total. The van der Waals surface area contributed by atoms with E-state index in [1.54, 1.807) is 11.3 Å². The molecule has 2 aromatic carbocycles. The number of thiazole rings is 1. The van der Waals surface area contributed by atoms with E-state index >= 15 is 0 Å². The number of para-hydroxylation sites is 1. The van der Waals surface area contributed by atoms with Crippen molar-refractivity contribution in [3.63, 3.8) is 0 Å². The van der Waals surface area contributed by atoms with Crippen molar-refractivity contribution in [2.45, 2.75) is 20.8 Å². The number of rotatable bonds is 2. The van der Waals surface area contributed by atoms with Gasteiger partial charge in [0, 0.05) is 0 Å². The molecule has 0 unspecified atom stereocenters. The van der Waals surface area contributed by atoms with Crippen LogP contribution in [0.2, 0.25) is 0 Å². The molecule has 0 bridgehead atoms. The predicted octanol–water partition coefficient (Wildman–Crippen LogP) is 5.11. The molecule has 2 heterocycles. The molecule has 0 radical (unpaired) electrons. The molecule has 4 aromatic rings. The third-order valence-corrected chi connectivity index (χ3v) is 4.57. The molecule has 5 heteroatoms. The zero-order chi connectivity index (χ0) is 15.3. The Hall–Kier alpha value is -2.40. The van der Waals surface area contributed by atoms with Crippen LogP contribution in [0, 0.1) is 20.8 Å². The van der Waals surface area contributed by atoms with Crippen molar-refractivity contribution in [3.8, 4) is 0 Å². The molecular weight excluding hydrogens is 294 g/mol. The molecule has 22 heavy (non-hydrogen) atoms. The highest BCUT2D eigenvalue weighted by atomic mass is 32.1. The van der Waals surface area contributed by atoms with E-state index in [9.17, 15) is 0 Å². The summed E-state index contributed by atoms with van der Waals surface area (Å²) in [6.07, 6.45) is 0. The first-order valence-electron chi connectivity index (χ1n) is 7.11. The fraction of sp³-hybridized carbons (Fsp3) is 0.176. The highest BCUT2D eigenvalue weighted by Crippen LogP contribution is 2.32. The predicted molar refractivity (Wildman–Crippen MR) is 91.1 cm³/mol. The lowest BCUT2D eigenvalue weighted by Gasteiger charge is -1.96. The van der Waals surface area contributed by atoms with Crippen molar-refractivity contribution in [2.24, 2.45) is 0 Å². The highest BCUT2D eigenvalue weighted by molar-refractivity contribution is 7.22. The fourth-order valence-corrected chi connectivity index (χ4v) is 3.69. The maximum Gasteiger partial charge on any atom is 0.302 e. The van der Waals surface area contributed by atoms with Crippen molar-refractivity contribution >= 4 is 43.8 Å². The van der Waals surface area contributed by atoms with E-state index in [0.29, 0.717) is 6.01 Å². The summed E-state index contributed by atoms with van der Waals surface area (Å²) in [7, 11) is 0. The molecule has 110 valence electrons. The molecule has 0 spiro atoms. The Morgan fingerprint density at radius 3 is 2.73 bits per heavy atom. The molecule has 0 aliphatic heterocycles. The average Bonchev–Trinajstić information content (AvgIpc) is 3.03. The van der Waals surface area contributed by atoms with Crippen LogP contribution in [0.5, 0.6) is 0 Å². The maximum absolute atomic E-state index is 5.80. The summed E-state index contributed by atoms with van der Waals surface area (Å²) in [5, 5.41) is 3.99. The smallest absolute Gasteiger partial charge is 0.302 e. The minimum absolute atomic E-state index is 0.484. The Balaban J connectivity index is 1.75. The molecule has 2 aromatic heterocycles. The molecule has 4 rings (SSSR count). The standard InChI is InChI=1S/C17H15N3OS/c1-9-7-11(3)14-13(8-9)22-17(19-14)20-16-18-12-6-4-5-10(2)15(12)21-16/h4-8H,1-3H3,(H,18,19,20). The SMILES string of the molecule is Cc1cc(C)c2nc(Nc3nc4cccc(C)c4o3)sc2c1. The van der Waals surface area contributed by atoms with Crippen LogP contribution in [-0.2, 0) is 0 Å². The molecule has 0 aliphatic carbocycles. The monoisotopic (exact) mass is 309 g/mol. The van der Waals surface area contributed by atoms with Gasteiger partial charge in [-0.3, -0.25) is 5.32 Å². The van der Waals surface area contributed by atoms with Gasteiger partial charge in [0.1, 0.15) is 5.52 Å². The first-order valence-corrected chi connectivity index (χ1v) is 7.93. The van der Waals surface area contributed by atoms with E-state index in [1.165, 1.54) is 15.8 Å². The summed E-state index contributed by atoms with van der Waals surface area (Å²) >= 11 is 1.61. The number of benzene rings is 2. The van der Waals surface area contributed by atoms with Crippen LogP contribution >= 0.6 is 11.3 Å². The average molecular weight is 309 g/mol. The molecule has 0 aliphatic rings. The van der Waals surface area contributed by atoms with Crippen molar-refractivity contribution in [1.29, 1.82) is 0 Å². The van der Waals surface area contributed by atoms with Crippen molar-refractivity contribution in [3.05, 3.63) is 47.0 Å².